The van der Waals surface area contributed by atoms with Crippen molar-refractivity contribution in [3.8, 4) is 0 Å². The van der Waals surface area contributed by atoms with Gasteiger partial charge in [-0.2, -0.15) is 0 Å². The van der Waals surface area contributed by atoms with Crippen molar-refractivity contribution in [3.05, 3.63) is 0 Å². The molecule has 124 valence electrons. The molecule has 0 aliphatic rings. The van der Waals surface area contributed by atoms with E-state index in [0.29, 0.717) is 0 Å². The second-order valence-electron chi connectivity index (χ2n) is 4.08. The van der Waals surface area contributed by atoms with Crippen molar-refractivity contribution in [2.75, 3.05) is 0 Å². The topological polar surface area (TPSA) is 222 Å². The minimum Gasteiger partial charge on any atom is -0.550 e. The van der Waals surface area contributed by atoms with E-state index >= 15 is 0 Å². The summed E-state index contributed by atoms with van der Waals surface area (Å²) in [6.07, 6.45) is -8.40. The van der Waals surface area contributed by atoms with E-state index in [1.54, 1.807) is 0 Å². The first kappa shape index (κ1) is 23.8. The van der Waals surface area contributed by atoms with Crippen LogP contribution in [0.2, 0.25) is 0 Å². The zero-order valence-corrected chi connectivity index (χ0v) is 13.5. The van der Waals surface area contributed by atoms with Crippen LogP contribution >= 0.6 is 0 Å². The van der Waals surface area contributed by atoms with Crippen LogP contribution in [0, 0.1) is 0 Å². The zero-order chi connectivity index (χ0) is 17.7. The number of carbonyl (C=O) groups excluding carboxylic acids is 3. The molecule has 0 saturated heterocycles. The van der Waals surface area contributed by atoms with Gasteiger partial charge in [-0.25, -0.2) is 9.59 Å². The molecule has 0 aliphatic heterocycles. The molecular weight excluding hydrogens is 352 g/mol. The molecule has 12 nitrogen and oxygen atoms in total. The molecule has 0 radical (unpaired) electrons. The van der Waals surface area contributed by atoms with Gasteiger partial charge in [0, 0.05) is 12.4 Å². The summed E-state index contributed by atoms with van der Waals surface area (Å²) in [7, 11) is 0. The predicted molar refractivity (Wildman–Crippen MR) is 61.1 cm³/mol. The van der Waals surface area contributed by atoms with Crippen LogP contribution in [-0.2, 0) is 28.7 Å². The molecule has 0 heterocycles. The Morgan fingerprint density at radius 3 is 1.78 bits per heavy atom. The molecule has 3 atom stereocenters. The van der Waals surface area contributed by atoms with Crippen LogP contribution < -0.4 is 10.2 Å². The molecular formula is C10H10CaO12. The predicted octanol–water partition coefficient (Wildman–Crippen LogP) is -5.94. The molecule has 0 rings (SSSR count). The van der Waals surface area contributed by atoms with Crippen LogP contribution in [0.1, 0.15) is 12.8 Å². The fraction of sp³-hybridized carbons (Fsp3) is 0.500. The first-order chi connectivity index (χ1) is 9.90. The Labute approximate surface area is 157 Å². The smallest absolute Gasteiger partial charge is 0.550 e. The van der Waals surface area contributed by atoms with E-state index in [0.717, 1.165) is 0 Å². The number of aliphatic hydroxyl groups is 2. The van der Waals surface area contributed by atoms with E-state index in [1.807, 2.05) is 0 Å². The molecule has 0 aromatic rings. The van der Waals surface area contributed by atoms with Crippen molar-refractivity contribution < 1.29 is 59.3 Å². The van der Waals surface area contributed by atoms with Gasteiger partial charge >= 0.3 is 55.6 Å². The Bertz CT molecular complexity index is 502. The number of rotatable bonds is 9. The SMILES string of the molecule is O=C([O-])CC(O)(CC(=O)OC(C(=O)O)C(O)C(=O)O)C(=O)[O-].[Ca+2]. The third-order valence-corrected chi connectivity index (χ3v) is 2.30. The average Bonchev–Trinajstić information content (AvgIpc) is 2.33. The van der Waals surface area contributed by atoms with Gasteiger partial charge in [0.1, 0.15) is 5.60 Å². The molecule has 0 bridgehead atoms. The summed E-state index contributed by atoms with van der Waals surface area (Å²) < 4.78 is 4.03. The number of carboxylic acids is 4. The summed E-state index contributed by atoms with van der Waals surface area (Å²) in [5.74, 6) is -10.3. The number of aliphatic hydroxyl groups excluding tert-OH is 1. The largest absolute Gasteiger partial charge is 2.00 e. The number of hydrogen-bond donors (Lipinski definition) is 4. The molecule has 3 unspecified atom stereocenters. The minimum absolute atomic E-state index is 0. The summed E-state index contributed by atoms with van der Waals surface area (Å²) in [6, 6.07) is 0. The number of ether oxygens (including phenoxy) is 1. The summed E-state index contributed by atoms with van der Waals surface area (Å²) in [5.41, 5.74) is -3.26. The normalized spacial score (nSPS) is 15.2. The van der Waals surface area contributed by atoms with Gasteiger partial charge in [-0.3, -0.25) is 4.79 Å². The second kappa shape index (κ2) is 9.62. The third-order valence-electron chi connectivity index (χ3n) is 2.30. The maximum absolute atomic E-state index is 11.3. The van der Waals surface area contributed by atoms with Crippen LogP contribution in [0.25, 0.3) is 0 Å². The van der Waals surface area contributed by atoms with Crippen molar-refractivity contribution in [3.63, 3.8) is 0 Å². The maximum Gasteiger partial charge on any atom is 2.00 e. The van der Waals surface area contributed by atoms with Crippen molar-refractivity contribution in [2.24, 2.45) is 0 Å². The first-order valence-corrected chi connectivity index (χ1v) is 5.37. The Balaban J connectivity index is 0. The van der Waals surface area contributed by atoms with Gasteiger partial charge in [0.25, 0.3) is 0 Å². The van der Waals surface area contributed by atoms with Crippen LogP contribution in [0.3, 0.4) is 0 Å². The maximum atomic E-state index is 11.3. The Morgan fingerprint density at radius 1 is 1.00 bits per heavy atom. The zero-order valence-electron chi connectivity index (χ0n) is 11.3. The number of hydrogen-bond acceptors (Lipinski definition) is 10. The third kappa shape index (κ3) is 7.56. The monoisotopic (exact) mass is 362 g/mol. The van der Waals surface area contributed by atoms with Gasteiger partial charge in [0.05, 0.1) is 12.4 Å². The Hall–Kier alpha value is -1.47. The Morgan fingerprint density at radius 2 is 1.48 bits per heavy atom. The molecule has 0 aromatic heterocycles. The summed E-state index contributed by atoms with van der Waals surface area (Å²) >= 11 is 0. The second-order valence-corrected chi connectivity index (χ2v) is 4.08. The quantitative estimate of drug-likeness (QED) is 0.222. The van der Waals surface area contributed by atoms with E-state index in [-0.39, 0.29) is 37.7 Å². The summed E-state index contributed by atoms with van der Waals surface area (Å²) in [6.45, 7) is 0. The van der Waals surface area contributed by atoms with Crippen molar-refractivity contribution in [1.82, 2.24) is 0 Å². The number of carboxylic acid groups (broad SMARTS) is 4. The molecule has 0 aliphatic carbocycles. The number of aliphatic carboxylic acids is 4. The molecule has 0 fully saturated rings. The average molecular weight is 362 g/mol. The van der Waals surface area contributed by atoms with Crippen molar-refractivity contribution in [1.29, 1.82) is 0 Å². The fourth-order valence-corrected chi connectivity index (χ4v) is 1.25. The molecule has 23 heavy (non-hydrogen) atoms. The van der Waals surface area contributed by atoms with Gasteiger partial charge in [0.15, 0.2) is 6.10 Å². The number of carbonyl (C=O) groups is 5. The van der Waals surface area contributed by atoms with Gasteiger partial charge in [-0.15, -0.1) is 0 Å². The van der Waals surface area contributed by atoms with Crippen LogP contribution in [0.15, 0.2) is 0 Å². The summed E-state index contributed by atoms with van der Waals surface area (Å²) in [4.78, 5) is 53.4. The minimum atomic E-state index is -3.26. The van der Waals surface area contributed by atoms with E-state index in [4.69, 9.17) is 15.3 Å². The molecule has 13 heteroatoms. The van der Waals surface area contributed by atoms with E-state index in [1.165, 1.54) is 0 Å². The molecule has 0 aromatic carbocycles. The molecule has 0 spiro atoms. The van der Waals surface area contributed by atoms with Gasteiger partial charge < -0.3 is 45.0 Å². The van der Waals surface area contributed by atoms with Crippen LogP contribution in [0.4, 0.5) is 0 Å². The van der Waals surface area contributed by atoms with Crippen molar-refractivity contribution in [2.45, 2.75) is 30.7 Å². The Kier molecular flexibility index (Phi) is 9.95. The first-order valence-electron chi connectivity index (χ1n) is 5.37. The molecule has 0 saturated carbocycles. The van der Waals surface area contributed by atoms with Gasteiger partial charge in [0.2, 0.25) is 6.10 Å². The molecule has 4 N–H and O–H groups in total. The fourth-order valence-electron chi connectivity index (χ4n) is 1.25. The van der Waals surface area contributed by atoms with Gasteiger partial charge in [-0.1, -0.05) is 0 Å². The van der Waals surface area contributed by atoms with E-state index < -0.39 is 60.5 Å². The van der Waals surface area contributed by atoms with E-state index in [2.05, 4.69) is 4.74 Å². The standard InChI is InChI=1S/C10H12O12.Ca/c11-3(12)1-10(21,9(19)20)2-4(13)22-6(8(17)18)5(14)7(15)16;/h5-6,14,21H,1-2H2,(H,11,12)(H,15,16)(H,17,18)(H,19,20);/q;+2/p-2. The number of esters is 1. The summed E-state index contributed by atoms with van der Waals surface area (Å²) in [5, 5.41) is 56.4. The van der Waals surface area contributed by atoms with Crippen molar-refractivity contribution >= 4 is 67.6 Å². The van der Waals surface area contributed by atoms with Crippen LogP contribution in [0.5, 0.6) is 0 Å². The van der Waals surface area contributed by atoms with Gasteiger partial charge in [-0.05, 0) is 0 Å². The molecule has 0 amide bonds. The van der Waals surface area contributed by atoms with Crippen LogP contribution in [-0.4, -0.2) is 106 Å². The van der Waals surface area contributed by atoms with E-state index in [9.17, 15) is 39.3 Å².